The topological polar surface area (TPSA) is 32.3 Å². The van der Waals surface area contributed by atoms with Crippen LogP contribution in [-0.4, -0.2) is 24.4 Å². The van der Waals surface area contributed by atoms with Crippen LogP contribution in [0.5, 0.6) is 0 Å². The van der Waals surface area contributed by atoms with E-state index in [9.17, 15) is 18.0 Å². The predicted octanol–water partition coefficient (Wildman–Crippen LogP) is 6.29. The highest BCUT2D eigenvalue weighted by molar-refractivity contribution is 6.31. The van der Waals surface area contributed by atoms with E-state index in [2.05, 4.69) is 5.32 Å². The first kappa shape index (κ1) is 22.7. The molecule has 0 spiro atoms. The van der Waals surface area contributed by atoms with Crippen molar-refractivity contribution in [1.29, 1.82) is 0 Å². The van der Waals surface area contributed by atoms with Crippen LogP contribution in [0.2, 0.25) is 5.02 Å². The summed E-state index contributed by atoms with van der Waals surface area (Å²) < 4.78 is 39.1. The van der Waals surface area contributed by atoms with Gasteiger partial charge in [0.15, 0.2) is 0 Å². The van der Waals surface area contributed by atoms with Crippen LogP contribution in [0.4, 0.5) is 18.9 Å². The Labute approximate surface area is 184 Å². The Morgan fingerprint density at radius 2 is 1.68 bits per heavy atom. The molecule has 0 bridgehead atoms. The lowest BCUT2D eigenvalue weighted by Crippen LogP contribution is -2.33. The molecule has 0 atom stereocenters. The molecular formula is C24H22ClF3N2O. The fraction of sp³-hybridized carbons (Fsp3) is 0.208. The highest BCUT2D eigenvalue weighted by Crippen LogP contribution is 2.30. The van der Waals surface area contributed by atoms with Crippen LogP contribution in [0.25, 0.3) is 0 Å². The Hall–Kier alpha value is -2.99. The Balaban J connectivity index is 1.87. The highest BCUT2D eigenvalue weighted by Gasteiger charge is 2.30. The molecule has 3 aromatic rings. The van der Waals surface area contributed by atoms with Crippen molar-refractivity contribution >= 4 is 23.2 Å². The van der Waals surface area contributed by atoms with Crippen molar-refractivity contribution in [3.05, 3.63) is 100 Å². The first-order chi connectivity index (χ1) is 14.8. The smallest absolute Gasteiger partial charge is 0.387 e. The zero-order valence-corrected chi connectivity index (χ0v) is 17.7. The van der Waals surface area contributed by atoms with Crippen molar-refractivity contribution in [2.45, 2.75) is 19.1 Å². The van der Waals surface area contributed by atoms with Crippen LogP contribution in [0.1, 0.15) is 27.0 Å². The minimum atomic E-state index is -4.40. The quantitative estimate of drug-likeness (QED) is 0.463. The van der Waals surface area contributed by atoms with E-state index in [1.54, 1.807) is 36.2 Å². The maximum absolute atomic E-state index is 13.4. The van der Waals surface area contributed by atoms with Gasteiger partial charge >= 0.3 is 6.18 Å². The second-order valence-electron chi connectivity index (χ2n) is 7.10. The SMILES string of the molecule is CNc1ccc(Cl)cc1C(=O)N(CCc1cccc(C(F)(F)F)c1)Cc1ccccc1. The van der Waals surface area contributed by atoms with E-state index in [4.69, 9.17) is 11.6 Å². The summed E-state index contributed by atoms with van der Waals surface area (Å²) in [7, 11) is 1.71. The molecule has 0 heterocycles. The lowest BCUT2D eigenvalue weighted by molar-refractivity contribution is -0.137. The molecule has 3 nitrogen and oxygen atoms in total. The molecule has 0 aliphatic rings. The summed E-state index contributed by atoms with van der Waals surface area (Å²) in [5.41, 5.74) is 1.79. The van der Waals surface area contributed by atoms with Gasteiger partial charge in [0.25, 0.3) is 5.91 Å². The van der Waals surface area contributed by atoms with Crippen molar-refractivity contribution in [3.63, 3.8) is 0 Å². The first-order valence-corrected chi connectivity index (χ1v) is 10.1. The van der Waals surface area contributed by atoms with Gasteiger partial charge in [-0.05, 0) is 41.8 Å². The van der Waals surface area contributed by atoms with Gasteiger partial charge < -0.3 is 10.2 Å². The largest absolute Gasteiger partial charge is 0.416 e. The third-order valence-electron chi connectivity index (χ3n) is 4.91. The molecule has 162 valence electrons. The normalized spacial score (nSPS) is 11.3. The highest BCUT2D eigenvalue weighted by atomic mass is 35.5. The third kappa shape index (κ3) is 6.01. The molecule has 0 aromatic heterocycles. The molecule has 0 aliphatic heterocycles. The molecule has 0 fully saturated rings. The van der Waals surface area contributed by atoms with Gasteiger partial charge in [-0.2, -0.15) is 13.2 Å². The van der Waals surface area contributed by atoms with Gasteiger partial charge in [-0.3, -0.25) is 4.79 Å². The van der Waals surface area contributed by atoms with Crippen molar-refractivity contribution in [3.8, 4) is 0 Å². The van der Waals surface area contributed by atoms with E-state index in [1.165, 1.54) is 6.07 Å². The van der Waals surface area contributed by atoms with Crippen LogP contribution in [0, 0.1) is 0 Å². The summed E-state index contributed by atoms with van der Waals surface area (Å²) in [6, 6.07) is 19.7. The molecule has 3 aromatic carbocycles. The predicted molar refractivity (Wildman–Crippen MR) is 117 cm³/mol. The number of amides is 1. The molecule has 7 heteroatoms. The number of nitrogens with one attached hydrogen (secondary N) is 1. The van der Waals surface area contributed by atoms with Crippen molar-refractivity contribution in [1.82, 2.24) is 4.90 Å². The van der Waals surface area contributed by atoms with Crippen LogP contribution >= 0.6 is 11.6 Å². The van der Waals surface area contributed by atoms with Crippen LogP contribution in [0.15, 0.2) is 72.8 Å². The number of anilines is 1. The second-order valence-corrected chi connectivity index (χ2v) is 7.54. The summed E-state index contributed by atoms with van der Waals surface area (Å²) in [4.78, 5) is 15.0. The van der Waals surface area contributed by atoms with Crippen molar-refractivity contribution in [2.75, 3.05) is 18.9 Å². The summed E-state index contributed by atoms with van der Waals surface area (Å²) in [5.74, 6) is -0.248. The Morgan fingerprint density at radius 1 is 0.968 bits per heavy atom. The number of hydrogen-bond donors (Lipinski definition) is 1. The third-order valence-corrected chi connectivity index (χ3v) is 5.14. The Morgan fingerprint density at radius 3 is 2.35 bits per heavy atom. The van der Waals surface area contributed by atoms with Gasteiger partial charge in [0.05, 0.1) is 11.1 Å². The van der Waals surface area contributed by atoms with Gasteiger partial charge in [-0.25, -0.2) is 0 Å². The minimum absolute atomic E-state index is 0.248. The first-order valence-electron chi connectivity index (χ1n) is 9.74. The zero-order valence-electron chi connectivity index (χ0n) is 16.9. The van der Waals surface area contributed by atoms with Gasteiger partial charge in [-0.15, -0.1) is 0 Å². The van der Waals surface area contributed by atoms with Gasteiger partial charge in [0, 0.05) is 30.8 Å². The van der Waals surface area contributed by atoms with E-state index in [-0.39, 0.29) is 18.9 Å². The van der Waals surface area contributed by atoms with Gasteiger partial charge in [-0.1, -0.05) is 60.1 Å². The molecule has 1 amide bonds. The molecular weight excluding hydrogens is 425 g/mol. The summed E-state index contributed by atoms with van der Waals surface area (Å²) in [6.45, 7) is 0.582. The van der Waals surface area contributed by atoms with Gasteiger partial charge in [0.1, 0.15) is 0 Å². The molecule has 1 N–H and O–H groups in total. The van der Waals surface area contributed by atoms with E-state index < -0.39 is 11.7 Å². The number of carbonyl (C=O) groups is 1. The van der Waals surface area contributed by atoms with E-state index in [1.807, 2.05) is 30.3 Å². The fourth-order valence-electron chi connectivity index (χ4n) is 3.31. The lowest BCUT2D eigenvalue weighted by atomic mass is 10.1. The van der Waals surface area contributed by atoms with Crippen LogP contribution in [-0.2, 0) is 19.1 Å². The van der Waals surface area contributed by atoms with Crippen molar-refractivity contribution < 1.29 is 18.0 Å². The van der Waals surface area contributed by atoms with Crippen molar-refractivity contribution in [2.24, 2.45) is 0 Å². The number of hydrogen-bond acceptors (Lipinski definition) is 2. The maximum atomic E-state index is 13.4. The molecule has 31 heavy (non-hydrogen) atoms. The number of benzene rings is 3. The number of halogens is 4. The van der Waals surface area contributed by atoms with Gasteiger partial charge in [0.2, 0.25) is 0 Å². The molecule has 3 rings (SSSR count). The standard InChI is InChI=1S/C24H22ClF3N2O/c1-29-22-11-10-20(25)15-21(22)23(31)30(16-18-6-3-2-4-7-18)13-12-17-8-5-9-19(14-17)24(26,27)28/h2-11,14-15,29H,12-13,16H2,1H3. The van der Waals surface area contributed by atoms with E-state index in [0.717, 1.165) is 17.7 Å². The number of carbonyl (C=O) groups excluding carboxylic acids is 1. The van der Waals surface area contributed by atoms with E-state index in [0.29, 0.717) is 28.4 Å². The monoisotopic (exact) mass is 446 g/mol. The molecule has 0 unspecified atom stereocenters. The second kappa shape index (κ2) is 9.88. The number of alkyl halides is 3. The summed E-state index contributed by atoms with van der Waals surface area (Å²) >= 11 is 6.11. The lowest BCUT2D eigenvalue weighted by Gasteiger charge is -2.24. The van der Waals surface area contributed by atoms with E-state index >= 15 is 0 Å². The van der Waals surface area contributed by atoms with Crippen LogP contribution < -0.4 is 5.32 Å². The molecule has 0 saturated carbocycles. The minimum Gasteiger partial charge on any atom is -0.387 e. The summed E-state index contributed by atoms with van der Waals surface area (Å²) in [5, 5.41) is 3.42. The number of rotatable bonds is 7. The maximum Gasteiger partial charge on any atom is 0.416 e. The molecule has 0 saturated heterocycles. The Kier molecular flexibility index (Phi) is 7.23. The summed E-state index contributed by atoms with van der Waals surface area (Å²) in [6.07, 6.45) is -4.12. The van der Waals surface area contributed by atoms with Crippen LogP contribution in [0.3, 0.4) is 0 Å². The zero-order chi connectivity index (χ0) is 22.4. The molecule has 0 aliphatic carbocycles. The number of nitrogens with zero attached hydrogens (tertiary/aromatic N) is 1. The Bertz CT molecular complexity index is 1040. The molecule has 0 radical (unpaired) electrons. The average molecular weight is 447 g/mol. The average Bonchev–Trinajstić information content (AvgIpc) is 2.76. The fourth-order valence-corrected chi connectivity index (χ4v) is 3.48.